The van der Waals surface area contributed by atoms with E-state index in [0.29, 0.717) is 31.7 Å². The van der Waals surface area contributed by atoms with Crippen molar-refractivity contribution in [2.24, 2.45) is 0 Å². The van der Waals surface area contributed by atoms with Gasteiger partial charge in [0.2, 0.25) is 5.91 Å². The van der Waals surface area contributed by atoms with Gasteiger partial charge in [-0.15, -0.1) is 0 Å². The van der Waals surface area contributed by atoms with Gasteiger partial charge in [0.05, 0.1) is 5.92 Å². The molecule has 5 heteroatoms. The van der Waals surface area contributed by atoms with Gasteiger partial charge in [0.1, 0.15) is 5.82 Å². The molecule has 0 spiro atoms. The Hall–Kier alpha value is -3.47. The highest BCUT2D eigenvalue weighted by molar-refractivity contribution is 5.94. The third kappa shape index (κ3) is 4.25. The Morgan fingerprint density at radius 3 is 1.63 bits per heavy atom. The molecule has 0 unspecified atom stereocenters. The van der Waals surface area contributed by atoms with Crippen LogP contribution in [0, 0.1) is 5.82 Å². The van der Waals surface area contributed by atoms with Crippen LogP contribution in [0.4, 0.5) is 4.39 Å². The molecular weight excluding hydrogens is 379 g/mol. The van der Waals surface area contributed by atoms with Crippen molar-refractivity contribution in [1.82, 2.24) is 9.80 Å². The van der Waals surface area contributed by atoms with E-state index in [-0.39, 0.29) is 23.5 Å². The maximum atomic E-state index is 13.5. The minimum Gasteiger partial charge on any atom is -0.338 e. The van der Waals surface area contributed by atoms with Gasteiger partial charge in [0, 0.05) is 31.7 Å². The Bertz CT molecular complexity index is 959. The van der Waals surface area contributed by atoms with Gasteiger partial charge in [-0.25, -0.2) is 4.39 Å². The number of amides is 2. The van der Waals surface area contributed by atoms with Gasteiger partial charge in [0.15, 0.2) is 0 Å². The predicted octanol–water partition coefficient (Wildman–Crippen LogP) is 3.94. The fraction of sp³-hybridized carbons (Fsp3) is 0.200. The zero-order chi connectivity index (χ0) is 20.9. The van der Waals surface area contributed by atoms with Crippen LogP contribution in [-0.2, 0) is 4.79 Å². The van der Waals surface area contributed by atoms with Crippen molar-refractivity contribution in [1.29, 1.82) is 0 Å². The standard InChI is InChI=1S/C25H23FN2O2/c26-22-13-11-21(12-14-22)24(29)27-15-17-28(18-16-27)25(30)23(19-7-3-1-4-8-19)20-9-5-2-6-10-20/h1-14,23H,15-18H2. The molecule has 0 aliphatic carbocycles. The molecule has 0 saturated carbocycles. The zero-order valence-electron chi connectivity index (χ0n) is 16.6. The number of halogens is 1. The molecule has 1 aliphatic heterocycles. The average Bonchev–Trinajstić information content (AvgIpc) is 2.81. The molecule has 0 aromatic heterocycles. The van der Waals surface area contributed by atoms with Crippen LogP contribution in [0.25, 0.3) is 0 Å². The third-order valence-electron chi connectivity index (χ3n) is 5.48. The summed E-state index contributed by atoms with van der Waals surface area (Å²) in [6.07, 6.45) is 0. The van der Waals surface area contributed by atoms with Gasteiger partial charge in [-0.1, -0.05) is 60.7 Å². The molecule has 3 aromatic rings. The predicted molar refractivity (Wildman–Crippen MR) is 114 cm³/mol. The quantitative estimate of drug-likeness (QED) is 0.663. The van der Waals surface area contributed by atoms with Crippen LogP contribution >= 0.6 is 0 Å². The summed E-state index contributed by atoms with van der Waals surface area (Å²) in [6, 6.07) is 25.1. The second-order valence-electron chi connectivity index (χ2n) is 7.38. The lowest BCUT2D eigenvalue weighted by Crippen LogP contribution is -2.51. The van der Waals surface area contributed by atoms with Gasteiger partial charge in [0.25, 0.3) is 5.91 Å². The molecule has 1 aliphatic rings. The second kappa shape index (κ2) is 8.91. The first-order valence-electron chi connectivity index (χ1n) is 10.1. The summed E-state index contributed by atoms with van der Waals surface area (Å²) in [4.78, 5) is 29.7. The minimum atomic E-state index is -0.369. The molecule has 30 heavy (non-hydrogen) atoms. The Kier molecular flexibility index (Phi) is 5.89. The van der Waals surface area contributed by atoms with E-state index in [1.54, 1.807) is 4.90 Å². The van der Waals surface area contributed by atoms with Crippen molar-refractivity contribution >= 4 is 11.8 Å². The highest BCUT2D eigenvalue weighted by Gasteiger charge is 2.31. The summed E-state index contributed by atoms with van der Waals surface area (Å²) >= 11 is 0. The van der Waals surface area contributed by atoms with E-state index >= 15 is 0 Å². The first-order chi connectivity index (χ1) is 14.6. The lowest BCUT2D eigenvalue weighted by molar-refractivity contribution is -0.133. The summed E-state index contributed by atoms with van der Waals surface area (Å²) in [5, 5.41) is 0. The molecule has 1 heterocycles. The summed E-state index contributed by atoms with van der Waals surface area (Å²) in [5.41, 5.74) is 2.37. The molecule has 3 aromatic carbocycles. The Labute approximate surface area is 175 Å². The van der Waals surface area contributed by atoms with E-state index < -0.39 is 0 Å². The number of carbonyl (C=O) groups is 2. The molecule has 0 radical (unpaired) electrons. The van der Waals surface area contributed by atoms with E-state index in [0.717, 1.165) is 11.1 Å². The number of piperazine rings is 1. The summed E-state index contributed by atoms with van der Waals surface area (Å²) in [5.74, 6) is -0.826. The molecule has 2 amide bonds. The van der Waals surface area contributed by atoms with Gasteiger partial charge in [-0.05, 0) is 35.4 Å². The van der Waals surface area contributed by atoms with Crippen LogP contribution in [0.2, 0.25) is 0 Å². The van der Waals surface area contributed by atoms with Crippen molar-refractivity contribution in [2.45, 2.75) is 5.92 Å². The first-order valence-corrected chi connectivity index (χ1v) is 10.1. The topological polar surface area (TPSA) is 40.6 Å². The number of rotatable bonds is 4. The fourth-order valence-corrected chi connectivity index (χ4v) is 3.86. The maximum Gasteiger partial charge on any atom is 0.253 e. The van der Waals surface area contributed by atoms with E-state index in [4.69, 9.17) is 0 Å². The van der Waals surface area contributed by atoms with E-state index in [9.17, 15) is 14.0 Å². The van der Waals surface area contributed by atoms with Crippen LogP contribution in [0.5, 0.6) is 0 Å². The lowest BCUT2D eigenvalue weighted by atomic mass is 9.90. The van der Waals surface area contributed by atoms with Crippen LogP contribution in [0.1, 0.15) is 27.4 Å². The largest absolute Gasteiger partial charge is 0.338 e. The van der Waals surface area contributed by atoms with E-state index in [2.05, 4.69) is 0 Å². The van der Waals surface area contributed by atoms with Crippen molar-refractivity contribution < 1.29 is 14.0 Å². The zero-order valence-corrected chi connectivity index (χ0v) is 16.6. The number of carbonyl (C=O) groups excluding carboxylic acids is 2. The number of nitrogens with zero attached hydrogens (tertiary/aromatic N) is 2. The molecule has 152 valence electrons. The van der Waals surface area contributed by atoms with Crippen LogP contribution < -0.4 is 0 Å². The Morgan fingerprint density at radius 1 is 0.667 bits per heavy atom. The average molecular weight is 402 g/mol. The van der Waals surface area contributed by atoms with Crippen LogP contribution in [0.15, 0.2) is 84.9 Å². The minimum absolute atomic E-state index is 0.0429. The summed E-state index contributed by atoms with van der Waals surface area (Å²) in [7, 11) is 0. The van der Waals surface area contributed by atoms with Crippen LogP contribution in [0.3, 0.4) is 0 Å². The molecule has 1 saturated heterocycles. The number of hydrogen-bond donors (Lipinski definition) is 0. The highest BCUT2D eigenvalue weighted by Crippen LogP contribution is 2.27. The highest BCUT2D eigenvalue weighted by atomic mass is 19.1. The Morgan fingerprint density at radius 2 is 1.13 bits per heavy atom. The van der Waals surface area contributed by atoms with Crippen molar-refractivity contribution in [3.8, 4) is 0 Å². The molecular formula is C25H23FN2O2. The maximum absolute atomic E-state index is 13.5. The first kappa shape index (κ1) is 19.8. The molecule has 4 nitrogen and oxygen atoms in total. The summed E-state index contributed by atoms with van der Waals surface area (Å²) < 4.78 is 13.1. The SMILES string of the molecule is O=C(c1ccc(F)cc1)N1CCN(C(=O)C(c2ccccc2)c2ccccc2)CC1. The molecule has 1 fully saturated rings. The Balaban J connectivity index is 1.48. The van der Waals surface area contributed by atoms with Crippen molar-refractivity contribution in [2.75, 3.05) is 26.2 Å². The van der Waals surface area contributed by atoms with Gasteiger partial charge in [-0.2, -0.15) is 0 Å². The smallest absolute Gasteiger partial charge is 0.253 e. The van der Waals surface area contributed by atoms with Crippen molar-refractivity contribution in [3.05, 3.63) is 107 Å². The molecule has 0 atom stereocenters. The monoisotopic (exact) mass is 402 g/mol. The lowest BCUT2D eigenvalue weighted by Gasteiger charge is -2.36. The fourth-order valence-electron chi connectivity index (χ4n) is 3.86. The number of hydrogen-bond acceptors (Lipinski definition) is 2. The normalized spacial score (nSPS) is 14.1. The summed E-state index contributed by atoms with van der Waals surface area (Å²) in [6.45, 7) is 1.86. The van der Waals surface area contributed by atoms with Gasteiger partial charge < -0.3 is 9.80 Å². The molecule has 0 N–H and O–H groups in total. The van der Waals surface area contributed by atoms with Crippen molar-refractivity contribution in [3.63, 3.8) is 0 Å². The number of benzene rings is 3. The van der Waals surface area contributed by atoms with Gasteiger partial charge in [-0.3, -0.25) is 9.59 Å². The van der Waals surface area contributed by atoms with Gasteiger partial charge >= 0.3 is 0 Å². The van der Waals surface area contributed by atoms with E-state index in [1.807, 2.05) is 65.6 Å². The third-order valence-corrected chi connectivity index (χ3v) is 5.48. The van der Waals surface area contributed by atoms with Crippen LogP contribution in [-0.4, -0.2) is 47.8 Å². The molecule has 4 rings (SSSR count). The molecule has 0 bridgehead atoms. The van der Waals surface area contributed by atoms with E-state index in [1.165, 1.54) is 24.3 Å². The second-order valence-corrected chi connectivity index (χ2v) is 7.38.